The minimum atomic E-state index is -4.44. The standard InChI is InChI=1S/C19H21F3N6O2/c1-11(2)8-14(12-4-3-5-13(9-12)19(20,21)22)25-15(29)6-7-16-26-18(28-30-16)17-23-10-24-27-17/h3-5,9-11,14H,6-8H2,1-2H3,(H,25,29)(H,23,24,27). The molecule has 0 aliphatic carbocycles. The maximum Gasteiger partial charge on any atom is 0.416 e. The number of nitrogens with zero attached hydrogens (tertiary/aromatic N) is 4. The molecule has 0 aliphatic heterocycles. The summed E-state index contributed by atoms with van der Waals surface area (Å²) in [5, 5.41) is 12.9. The fourth-order valence-electron chi connectivity index (χ4n) is 2.93. The fraction of sp³-hybridized carbons (Fsp3) is 0.421. The zero-order chi connectivity index (χ0) is 21.7. The van der Waals surface area contributed by atoms with Gasteiger partial charge in [0.15, 0.2) is 5.82 Å². The number of amides is 1. The molecular formula is C19H21F3N6O2. The summed E-state index contributed by atoms with van der Waals surface area (Å²) < 4.78 is 44.2. The van der Waals surface area contributed by atoms with Crippen LogP contribution in [0.5, 0.6) is 0 Å². The van der Waals surface area contributed by atoms with Gasteiger partial charge in [-0.05, 0) is 30.0 Å². The molecule has 1 amide bonds. The number of aromatic amines is 1. The summed E-state index contributed by atoms with van der Waals surface area (Å²) >= 11 is 0. The Balaban J connectivity index is 1.64. The fourth-order valence-corrected chi connectivity index (χ4v) is 2.93. The van der Waals surface area contributed by atoms with Gasteiger partial charge in [0.05, 0.1) is 11.6 Å². The molecule has 1 atom stereocenters. The highest BCUT2D eigenvalue weighted by molar-refractivity contribution is 5.76. The molecule has 3 aromatic rings. The molecule has 2 N–H and O–H groups in total. The lowest BCUT2D eigenvalue weighted by Crippen LogP contribution is -2.30. The van der Waals surface area contributed by atoms with Gasteiger partial charge in [-0.15, -0.1) is 0 Å². The Kier molecular flexibility index (Phi) is 6.48. The summed E-state index contributed by atoms with van der Waals surface area (Å²) in [7, 11) is 0. The van der Waals surface area contributed by atoms with E-state index in [1.54, 1.807) is 6.07 Å². The zero-order valence-electron chi connectivity index (χ0n) is 16.4. The third-order valence-electron chi connectivity index (χ3n) is 4.32. The van der Waals surface area contributed by atoms with Gasteiger partial charge in [-0.1, -0.05) is 31.1 Å². The lowest BCUT2D eigenvalue weighted by Gasteiger charge is -2.22. The first-order valence-corrected chi connectivity index (χ1v) is 9.37. The molecule has 0 fully saturated rings. The number of alkyl halides is 3. The van der Waals surface area contributed by atoms with E-state index >= 15 is 0 Å². The van der Waals surface area contributed by atoms with Crippen molar-refractivity contribution in [1.82, 2.24) is 30.6 Å². The Hall–Kier alpha value is -3.24. The Labute approximate surface area is 170 Å². The van der Waals surface area contributed by atoms with Crippen molar-refractivity contribution in [3.8, 4) is 11.6 Å². The molecule has 160 valence electrons. The maximum absolute atomic E-state index is 13.0. The quantitative estimate of drug-likeness (QED) is 0.573. The van der Waals surface area contributed by atoms with Crippen LogP contribution in [0, 0.1) is 5.92 Å². The number of halogens is 3. The SMILES string of the molecule is CC(C)CC(NC(=O)CCc1nc(-c2ncn[nH]2)no1)c1cccc(C(F)(F)F)c1. The lowest BCUT2D eigenvalue weighted by molar-refractivity contribution is -0.137. The number of aryl methyl sites for hydroxylation is 1. The molecule has 3 rings (SSSR count). The van der Waals surface area contributed by atoms with Crippen molar-refractivity contribution in [2.24, 2.45) is 5.92 Å². The Bertz CT molecular complexity index is 969. The van der Waals surface area contributed by atoms with Gasteiger partial charge >= 0.3 is 6.18 Å². The van der Waals surface area contributed by atoms with Gasteiger partial charge in [0, 0.05) is 12.8 Å². The molecule has 0 aliphatic rings. The molecule has 2 aromatic heterocycles. The van der Waals surface area contributed by atoms with Crippen LogP contribution in [0.3, 0.4) is 0 Å². The molecule has 11 heteroatoms. The van der Waals surface area contributed by atoms with Gasteiger partial charge in [-0.3, -0.25) is 9.89 Å². The summed E-state index contributed by atoms with van der Waals surface area (Å²) in [6, 6.07) is 4.49. The first-order valence-electron chi connectivity index (χ1n) is 9.37. The average Bonchev–Trinajstić information content (AvgIpc) is 3.36. The summed E-state index contributed by atoms with van der Waals surface area (Å²) in [5.41, 5.74) is -0.328. The van der Waals surface area contributed by atoms with E-state index in [2.05, 4.69) is 30.6 Å². The molecule has 0 spiro atoms. The van der Waals surface area contributed by atoms with E-state index in [0.717, 1.165) is 12.1 Å². The molecular weight excluding hydrogens is 401 g/mol. The van der Waals surface area contributed by atoms with Crippen molar-refractivity contribution in [3.63, 3.8) is 0 Å². The van der Waals surface area contributed by atoms with Gasteiger partial charge in [0.1, 0.15) is 6.33 Å². The number of hydrogen-bond acceptors (Lipinski definition) is 6. The zero-order valence-corrected chi connectivity index (χ0v) is 16.4. The van der Waals surface area contributed by atoms with Crippen molar-refractivity contribution < 1.29 is 22.5 Å². The molecule has 0 bridgehead atoms. The minimum Gasteiger partial charge on any atom is -0.349 e. The van der Waals surface area contributed by atoms with Crippen LogP contribution in [0.1, 0.15) is 49.7 Å². The molecule has 8 nitrogen and oxygen atoms in total. The van der Waals surface area contributed by atoms with Gasteiger partial charge in [-0.2, -0.15) is 23.3 Å². The highest BCUT2D eigenvalue weighted by Gasteiger charge is 2.31. The molecule has 1 unspecified atom stereocenters. The monoisotopic (exact) mass is 422 g/mol. The molecule has 30 heavy (non-hydrogen) atoms. The van der Waals surface area contributed by atoms with Crippen LogP contribution in [-0.2, 0) is 17.4 Å². The smallest absolute Gasteiger partial charge is 0.349 e. The van der Waals surface area contributed by atoms with Gasteiger partial charge < -0.3 is 9.84 Å². The highest BCUT2D eigenvalue weighted by Crippen LogP contribution is 2.32. The van der Waals surface area contributed by atoms with Crippen LogP contribution in [0.15, 0.2) is 35.1 Å². The second kappa shape index (κ2) is 9.06. The summed E-state index contributed by atoms with van der Waals surface area (Å²) in [4.78, 5) is 20.5. The number of nitrogens with one attached hydrogen (secondary N) is 2. The molecule has 1 aromatic carbocycles. The minimum absolute atomic E-state index is 0.0472. The van der Waals surface area contributed by atoms with E-state index in [4.69, 9.17) is 4.52 Å². The van der Waals surface area contributed by atoms with Gasteiger partial charge in [-0.25, -0.2) is 4.98 Å². The number of carbonyl (C=O) groups excluding carboxylic acids is 1. The normalized spacial score (nSPS) is 12.9. The van der Waals surface area contributed by atoms with Crippen molar-refractivity contribution in [2.75, 3.05) is 0 Å². The van der Waals surface area contributed by atoms with Crippen LogP contribution >= 0.6 is 0 Å². The second-order valence-electron chi connectivity index (χ2n) is 7.22. The van der Waals surface area contributed by atoms with E-state index in [9.17, 15) is 18.0 Å². The topological polar surface area (TPSA) is 110 Å². The van der Waals surface area contributed by atoms with Crippen LogP contribution in [0.25, 0.3) is 11.6 Å². The van der Waals surface area contributed by atoms with E-state index in [0.29, 0.717) is 17.8 Å². The van der Waals surface area contributed by atoms with Gasteiger partial charge in [0.2, 0.25) is 17.6 Å². The third kappa shape index (κ3) is 5.65. The number of H-pyrrole nitrogens is 1. The van der Waals surface area contributed by atoms with Crippen molar-refractivity contribution >= 4 is 5.91 Å². The van der Waals surface area contributed by atoms with E-state index in [1.807, 2.05) is 13.8 Å². The van der Waals surface area contributed by atoms with Gasteiger partial charge in [0.25, 0.3) is 0 Å². The number of carbonyl (C=O) groups is 1. The Morgan fingerprint density at radius 1 is 1.30 bits per heavy atom. The summed E-state index contributed by atoms with van der Waals surface area (Å²) in [6.45, 7) is 3.88. The number of benzene rings is 1. The molecule has 0 saturated heterocycles. The first kappa shape index (κ1) is 21.5. The lowest BCUT2D eigenvalue weighted by atomic mass is 9.95. The molecule has 2 heterocycles. The van der Waals surface area contributed by atoms with E-state index in [1.165, 1.54) is 12.4 Å². The predicted molar refractivity (Wildman–Crippen MR) is 99.8 cm³/mol. The Morgan fingerprint density at radius 3 is 2.77 bits per heavy atom. The van der Waals surface area contributed by atoms with Crippen LogP contribution in [0.4, 0.5) is 13.2 Å². The van der Waals surface area contributed by atoms with E-state index in [-0.39, 0.29) is 36.4 Å². The molecule has 0 saturated carbocycles. The first-order chi connectivity index (χ1) is 14.2. The third-order valence-corrected chi connectivity index (χ3v) is 4.32. The largest absolute Gasteiger partial charge is 0.416 e. The number of rotatable bonds is 8. The van der Waals surface area contributed by atoms with Crippen LogP contribution in [-0.4, -0.2) is 31.2 Å². The van der Waals surface area contributed by atoms with Crippen molar-refractivity contribution in [2.45, 2.75) is 45.3 Å². The number of aromatic nitrogens is 5. The highest BCUT2D eigenvalue weighted by atomic mass is 19.4. The summed E-state index contributed by atoms with van der Waals surface area (Å²) in [5.74, 6) is 0.666. The summed E-state index contributed by atoms with van der Waals surface area (Å²) in [6.07, 6.45) is -2.40. The maximum atomic E-state index is 13.0. The van der Waals surface area contributed by atoms with Crippen LogP contribution in [0.2, 0.25) is 0 Å². The van der Waals surface area contributed by atoms with Crippen molar-refractivity contribution in [3.05, 3.63) is 47.6 Å². The average molecular weight is 422 g/mol. The Morgan fingerprint density at radius 2 is 2.10 bits per heavy atom. The van der Waals surface area contributed by atoms with E-state index < -0.39 is 17.8 Å². The number of hydrogen-bond donors (Lipinski definition) is 2. The molecule has 0 radical (unpaired) electrons. The van der Waals surface area contributed by atoms with Crippen molar-refractivity contribution in [1.29, 1.82) is 0 Å². The van der Waals surface area contributed by atoms with Crippen LogP contribution < -0.4 is 5.32 Å². The predicted octanol–water partition coefficient (Wildman–Crippen LogP) is 3.71. The second-order valence-corrected chi connectivity index (χ2v) is 7.22.